The molecule has 3 nitrogen and oxygen atoms in total. The van der Waals surface area contributed by atoms with Crippen LogP contribution in [-0.4, -0.2) is 11.1 Å². The molecule has 1 heterocycles. The highest BCUT2D eigenvalue weighted by atomic mass is 16.4. The van der Waals surface area contributed by atoms with Gasteiger partial charge >= 0.3 is 5.97 Å². The Bertz CT molecular complexity index is 372. The van der Waals surface area contributed by atoms with Crippen LogP contribution in [0.5, 0.6) is 0 Å². The Morgan fingerprint density at radius 1 is 1.56 bits per heavy atom. The number of carboxylic acids is 1. The Morgan fingerprint density at radius 2 is 2.25 bits per heavy atom. The number of rotatable bonds is 5. The number of carboxylic acid groups (broad SMARTS) is 1. The monoisotopic (exact) mass is 222 g/mol. The smallest absolute Gasteiger partial charge is 0.317 e. The van der Waals surface area contributed by atoms with Crippen LogP contribution in [-0.2, 0) is 10.2 Å². The Kier molecular flexibility index (Phi) is 3.93. The van der Waals surface area contributed by atoms with E-state index >= 15 is 0 Å². The molecule has 0 fully saturated rings. The fourth-order valence-electron chi connectivity index (χ4n) is 1.69. The fourth-order valence-corrected chi connectivity index (χ4v) is 1.69. The molecule has 88 valence electrons. The van der Waals surface area contributed by atoms with Crippen molar-refractivity contribution in [3.8, 4) is 0 Å². The molecule has 0 bridgehead atoms. The van der Waals surface area contributed by atoms with E-state index < -0.39 is 11.4 Å². The second-order valence-electron chi connectivity index (χ2n) is 4.20. The van der Waals surface area contributed by atoms with Crippen molar-refractivity contribution in [2.24, 2.45) is 0 Å². The average molecular weight is 222 g/mol. The first-order valence-electron chi connectivity index (χ1n) is 5.43. The van der Waals surface area contributed by atoms with Gasteiger partial charge in [-0.05, 0) is 38.8 Å². The molecule has 1 N–H and O–H groups in total. The molecule has 0 aliphatic rings. The molecule has 0 aromatic carbocycles. The number of hydrogen-bond donors (Lipinski definition) is 1. The number of allylic oxidation sites excluding steroid dienone is 2. The standard InChI is InChI=1S/C13H18O3/c1-4-13(12(14)15,8-7-10(2)3)11-6-5-9-16-11/h5-7,9H,4,8H2,1-3H3,(H,14,15). The minimum absolute atomic E-state index is 0.467. The van der Waals surface area contributed by atoms with Crippen molar-refractivity contribution >= 4 is 5.97 Å². The van der Waals surface area contributed by atoms with E-state index in [-0.39, 0.29) is 0 Å². The highest BCUT2D eigenvalue weighted by Gasteiger charge is 2.40. The molecule has 0 saturated carbocycles. The zero-order chi connectivity index (χ0) is 12.2. The molecular formula is C13H18O3. The summed E-state index contributed by atoms with van der Waals surface area (Å²) in [6.07, 6.45) is 4.44. The summed E-state index contributed by atoms with van der Waals surface area (Å²) in [5.41, 5.74) is 0.187. The quantitative estimate of drug-likeness (QED) is 0.777. The minimum Gasteiger partial charge on any atom is -0.480 e. The van der Waals surface area contributed by atoms with Gasteiger partial charge in [0.1, 0.15) is 11.2 Å². The molecule has 0 radical (unpaired) electrons. The van der Waals surface area contributed by atoms with Gasteiger partial charge in [-0.2, -0.15) is 0 Å². The van der Waals surface area contributed by atoms with Crippen molar-refractivity contribution in [3.05, 3.63) is 35.8 Å². The minimum atomic E-state index is -0.930. The molecule has 1 atom stereocenters. The van der Waals surface area contributed by atoms with Gasteiger partial charge in [0.25, 0.3) is 0 Å². The first-order chi connectivity index (χ1) is 7.53. The summed E-state index contributed by atoms with van der Waals surface area (Å²) in [6.45, 7) is 5.80. The molecule has 1 aromatic rings. The van der Waals surface area contributed by atoms with Crippen LogP contribution in [0.2, 0.25) is 0 Å². The summed E-state index contributed by atoms with van der Waals surface area (Å²) in [5, 5.41) is 9.42. The number of aliphatic carboxylic acids is 1. The van der Waals surface area contributed by atoms with Gasteiger partial charge in [0.05, 0.1) is 6.26 Å². The largest absolute Gasteiger partial charge is 0.480 e. The average Bonchev–Trinajstić information content (AvgIpc) is 2.72. The van der Waals surface area contributed by atoms with Gasteiger partial charge < -0.3 is 9.52 Å². The van der Waals surface area contributed by atoms with E-state index in [0.717, 1.165) is 5.57 Å². The summed E-state index contributed by atoms with van der Waals surface area (Å²) < 4.78 is 5.27. The first-order valence-corrected chi connectivity index (χ1v) is 5.43. The number of carbonyl (C=O) groups is 1. The Labute approximate surface area is 95.8 Å². The third-order valence-electron chi connectivity index (χ3n) is 2.86. The van der Waals surface area contributed by atoms with Crippen LogP contribution in [0.25, 0.3) is 0 Å². The summed E-state index contributed by atoms with van der Waals surface area (Å²) >= 11 is 0. The lowest BCUT2D eigenvalue weighted by Gasteiger charge is -2.24. The molecule has 0 aliphatic heterocycles. The molecule has 0 aliphatic carbocycles. The molecule has 1 aromatic heterocycles. The zero-order valence-electron chi connectivity index (χ0n) is 9.99. The van der Waals surface area contributed by atoms with Gasteiger partial charge in [-0.1, -0.05) is 18.6 Å². The Balaban J connectivity index is 3.11. The third-order valence-corrected chi connectivity index (χ3v) is 2.86. The molecule has 1 unspecified atom stereocenters. The lowest BCUT2D eigenvalue weighted by Crippen LogP contribution is -2.34. The van der Waals surface area contributed by atoms with Crippen molar-refractivity contribution in [1.82, 2.24) is 0 Å². The van der Waals surface area contributed by atoms with Crippen LogP contribution < -0.4 is 0 Å². The Hall–Kier alpha value is -1.51. The van der Waals surface area contributed by atoms with Crippen LogP contribution in [0.15, 0.2) is 34.5 Å². The van der Waals surface area contributed by atoms with Crippen LogP contribution in [0.1, 0.15) is 39.4 Å². The lowest BCUT2D eigenvalue weighted by atomic mass is 9.79. The highest BCUT2D eigenvalue weighted by Crippen LogP contribution is 2.33. The summed E-state index contributed by atoms with van der Waals surface area (Å²) in [5.74, 6) is -0.303. The third kappa shape index (κ3) is 2.35. The van der Waals surface area contributed by atoms with Crippen molar-refractivity contribution < 1.29 is 14.3 Å². The summed E-state index contributed by atoms with van der Waals surface area (Å²) in [7, 11) is 0. The van der Waals surface area contributed by atoms with E-state index in [0.29, 0.717) is 18.6 Å². The van der Waals surface area contributed by atoms with E-state index in [2.05, 4.69) is 0 Å². The molecule has 16 heavy (non-hydrogen) atoms. The van der Waals surface area contributed by atoms with Crippen LogP contribution in [0.4, 0.5) is 0 Å². The van der Waals surface area contributed by atoms with Gasteiger partial charge in [-0.3, -0.25) is 4.79 Å². The lowest BCUT2D eigenvalue weighted by molar-refractivity contribution is -0.144. The van der Waals surface area contributed by atoms with Crippen molar-refractivity contribution in [2.45, 2.75) is 39.0 Å². The van der Waals surface area contributed by atoms with E-state index in [1.807, 2.05) is 26.8 Å². The first kappa shape index (κ1) is 12.6. The van der Waals surface area contributed by atoms with Gasteiger partial charge in [0.15, 0.2) is 0 Å². The van der Waals surface area contributed by atoms with Crippen LogP contribution in [0.3, 0.4) is 0 Å². The number of hydrogen-bond acceptors (Lipinski definition) is 2. The maximum Gasteiger partial charge on any atom is 0.317 e. The second kappa shape index (κ2) is 5.01. The normalized spacial score (nSPS) is 14.2. The van der Waals surface area contributed by atoms with Crippen molar-refractivity contribution in [1.29, 1.82) is 0 Å². The Morgan fingerprint density at radius 3 is 2.62 bits per heavy atom. The predicted molar refractivity (Wildman–Crippen MR) is 62.4 cm³/mol. The van der Waals surface area contributed by atoms with Crippen molar-refractivity contribution in [2.75, 3.05) is 0 Å². The van der Waals surface area contributed by atoms with E-state index in [1.165, 1.54) is 6.26 Å². The molecular weight excluding hydrogens is 204 g/mol. The highest BCUT2D eigenvalue weighted by molar-refractivity contribution is 5.80. The van der Waals surface area contributed by atoms with Crippen molar-refractivity contribution in [3.63, 3.8) is 0 Å². The zero-order valence-corrected chi connectivity index (χ0v) is 9.99. The van der Waals surface area contributed by atoms with Crippen LogP contribution >= 0.6 is 0 Å². The van der Waals surface area contributed by atoms with E-state index in [4.69, 9.17) is 4.42 Å². The summed E-state index contributed by atoms with van der Waals surface area (Å²) in [6, 6.07) is 3.46. The van der Waals surface area contributed by atoms with Gasteiger partial charge in [0, 0.05) is 0 Å². The number of furan rings is 1. The van der Waals surface area contributed by atoms with Crippen LogP contribution in [0, 0.1) is 0 Å². The SMILES string of the molecule is CCC(CC=C(C)C)(C(=O)O)c1ccco1. The topological polar surface area (TPSA) is 50.4 Å². The molecule has 0 amide bonds. The molecule has 0 saturated heterocycles. The maximum atomic E-state index is 11.5. The van der Waals surface area contributed by atoms with Gasteiger partial charge in [0.2, 0.25) is 0 Å². The molecule has 1 rings (SSSR count). The van der Waals surface area contributed by atoms with E-state index in [9.17, 15) is 9.90 Å². The molecule has 3 heteroatoms. The molecule has 0 spiro atoms. The fraction of sp³-hybridized carbons (Fsp3) is 0.462. The maximum absolute atomic E-state index is 11.5. The van der Waals surface area contributed by atoms with Gasteiger partial charge in [-0.15, -0.1) is 0 Å². The van der Waals surface area contributed by atoms with E-state index in [1.54, 1.807) is 12.1 Å². The predicted octanol–water partition coefficient (Wildman–Crippen LogP) is 3.37. The second-order valence-corrected chi connectivity index (χ2v) is 4.20. The summed E-state index contributed by atoms with van der Waals surface area (Å²) in [4.78, 5) is 11.5. The van der Waals surface area contributed by atoms with Gasteiger partial charge in [-0.25, -0.2) is 0 Å².